The van der Waals surface area contributed by atoms with E-state index in [1.54, 1.807) is 47.8 Å². The van der Waals surface area contributed by atoms with Crippen molar-refractivity contribution in [1.82, 2.24) is 0 Å². The zero-order valence-electron chi connectivity index (χ0n) is 13.7. The molecule has 0 aliphatic rings. The molecule has 0 aliphatic heterocycles. The first-order valence-corrected chi connectivity index (χ1v) is 7.76. The molecule has 0 N–H and O–H groups in total. The molecule has 0 saturated carbocycles. The van der Waals surface area contributed by atoms with Gasteiger partial charge in [-0.05, 0) is 30.3 Å². The van der Waals surface area contributed by atoms with Gasteiger partial charge >= 0.3 is 5.97 Å². The van der Waals surface area contributed by atoms with E-state index in [1.807, 2.05) is 30.3 Å². The lowest BCUT2D eigenvalue weighted by Gasteiger charge is -2.23. The summed E-state index contributed by atoms with van der Waals surface area (Å²) >= 11 is 0. The fourth-order valence-electron chi connectivity index (χ4n) is 2.56. The SMILES string of the molecule is COC(=O)c1ccccc1C(=O)N(Cc1ccoc1)c1ccccc1. The Labute approximate surface area is 145 Å². The highest BCUT2D eigenvalue weighted by molar-refractivity contribution is 6.12. The highest BCUT2D eigenvalue weighted by Crippen LogP contribution is 2.22. The van der Waals surface area contributed by atoms with Crippen LogP contribution in [0.2, 0.25) is 0 Å². The zero-order valence-corrected chi connectivity index (χ0v) is 13.7. The maximum absolute atomic E-state index is 13.2. The van der Waals surface area contributed by atoms with Crippen molar-refractivity contribution in [2.45, 2.75) is 6.54 Å². The van der Waals surface area contributed by atoms with Crippen LogP contribution in [0, 0.1) is 0 Å². The van der Waals surface area contributed by atoms with Crippen molar-refractivity contribution in [2.75, 3.05) is 12.0 Å². The number of anilines is 1. The molecule has 0 unspecified atom stereocenters. The summed E-state index contributed by atoms with van der Waals surface area (Å²) in [5, 5.41) is 0. The molecular formula is C20H17NO4. The zero-order chi connectivity index (χ0) is 17.6. The van der Waals surface area contributed by atoms with Gasteiger partial charge in [0.15, 0.2) is 0 Å². The van der Waals surface area contributed by atoms with Gasteiger partial charge < -0.3 is 14.1 Å². The molecule has 0 atom stereocenters. The Balaban J connectivity index is 2.02. The van der Waals surface area contributed by atoms with Crippen molar-refractivity contribution in [3.05, 3.63) is 89.9 Å². The average molecular weight is 335 g/mol. The van der Waals surface area contributed by atoms with E-state index in [9.17, 15) is 9.59 Å². The number of amides is 1. The van der Waals surface area contributed by atoms with Crippen molar-refractivity contribution in [2.24, 2.45) is 0 Å². The highest BCUT2D eigenvalue weighted by atomic mass is 16.5. The summed E-state index contributed by atoms with van der Waals surface area (Å²) in [5.74, 6) is -0.825. The smallest absolute Gasteiger partial charge is 0.338 e. The molecule has 1 heterocycles. The molecule has 25 heavy (non-hydrogen) atoms. The van der Waals surface area contributed by atoms with Gasteiger partial charge in [-0.1, -0.05) is 30.3 Å². The summed E-state index contributed by atoms with van der Waals surface area (Å²) in [7, 11) is 1.30. The lowest BCUT2D eigenvalue weighted by Crippen LogP contribution is -2.31. The highest BCUT2D eigenvalue weighted by Gasteiger charge is 2.23. The summed E-state index contributed by atoms with van der Waals surface area (Å²) in [5.41, 5.74) is 2.12. The molecule has 5 nitrogen and oxygen atoms in total. The number of ether oxygens (including phenoxy) is 1. The fraction of sp³-hybridized carbons (Fsp3) is 0.100. The lowest BCUT2D eigenvalue weighted by atomic mass is 10.1. The molecule has 3 rings (SSSR count). The second-order valence-electron chi connectivity index (χ2n) is 5.40. The third-order valence-electron chi connectivity index (χ3n) is 3.80. The van der Waals surface area contributed by atoms with Crippen molar-refractivity contribution in [1.29, 1.82) is 0 Å². The molecule has 0 spiro atoms. The maximum Gasteiger partial charge on any atom is 0.338 e. The topological polar surface area (TPSA) is 59.8 Å². The predicted octanol–water partition coefficient (Wildman–Crippen LogP) is 3.91. The molecule has 0 fully saturated rings. The minimum absolute atomic E-state index is 0.239. The van der Waals surface area contributed by atoms with E-state index in [4.69, 9.17) is 9.15 Å². The maximum atomic E-state index is 13.2. The number of nitrogens with zero attached hydrogens (tertiary/aromatic N) is 1. The van der Waals surface area contributed by atoms with Gasteiger partial charge in [0.25, 0.3) is 5.91 Å². The standard InChI is InChI=1S/C20H17NO4/c1-24-20(23)18-10-6-5-9-17(18)19(22)21(13-15-11-12-25-14-15)16-7-3-2-4-8-16/h2-12,14H,13H2,1H3. The molecule has 0 saturated heterocycles. The Kier molecular flexibility index (Phi) is 4.95. The van der Waals surface area contributed by atoms with Gasteiger partial charge in [0, 0.05) is 11.3 Å². The first kappa shape index (κ1) is 16.5. The Morgan fingerprint density at radius 3 is 2.28 bits per heavy atom. The van der Waals surface area contributed by atoms with Crippen molar-refractivity contribution < 1.29 is 18.7 Å². The number of para-hydroxylation sites is 1. The van der Waals surface area contributed by atoms with Crippen LogP contribution in [0.3, 0.4) is 0 Å². The number of rotatable bonds is 5. The van der Waals surface area contributed by atoms with E-state index < -0.39 is 5.97 Å². The Morgan fingerprint density at radius 2 is 1.64 bits per heavy atom. The summed E-state index contributed by atoms with van der Waals surface area (Å²) in [4.78, 5) is 26.8. The Bertz CT molecular complexity index is 856. The molecule has 5 heteroatoms. The van der Waals surface area contributed by atoms with Gasteiger partial charge in [-0.25, -0.2) is 4.79 Å². The van der Waals surface area contributed by atoms with E-state index in [0.717, 1.165) is 11.3 Å². The van der Waals surface area contributed by atoms with Crippen LogP contribution in [-0.4, -0.2) is 19.0 Å². The first-order valence-electron chi connectivity index (χ1n) is 7.76. The Hall–Kier alpha value is -3.34. The van der Waals surface area contributed by atoms with E-state index in [2.05, 4.69) is 0 Å². The summed E-state index contributed by atoms with van der Waals surface area (Å²) in [6, 6.07) is 17.7. The number of esters is 1. The number of hydrogen-bond acceptors (Lipinski definition) is 4. The summed E-state index contributed by atoms with van der Waals surface area (Å²) in [6.45, 7) is 0.328. The molecule has 2 aromatic carbocycles. The van der Waals surface area contributed by atoms with Gasteiger partial charge in [-0.3, -0.25) is 4.79 Å². The first-order chi connectivity index (χ1) is 12.2. The molecule has 0 bridgehead atoms. The fourth-order valence-corrected chi connectivity index (χ4v) is 2.56. The summed E-state index contributed by atoms with van der Waals surface area (Å²) in [6.07, 6.45) is 3.15. The monoisotopic (exact) mass is 335 g/mol. The van der Waals surface area contributed by atoms with Gasteiger partial charge in [-0.15, -0.1) is 0 Å². The van der Waals surface area contributed by atoms with Gasteiger partial charge in [0.1, 0.15) is 0 Å². The summed E-state index contributed by atoms with van der Waals surface area (Å²) < 4.78 is 9.90. The molecule has 1 aromatic heterocycles. The van der Waals surface area contributed by atoms with E-state index in [1.165, 1.54) is 7.11 Å². The second kappa shape index (κ2) is 7.49. The second-order valence-corrected chi connectivity index (χ2v) is 5.40. The minimum Gasteiger partial charge on any atom is -0.472 e. The van der Waals surface area contributed by atoms with Crippen LogP contribution in [0.25, 0.3) is 0 Å². The van der Waals surface area contributed by atoms with Crippen LogP contribution >= 0.6 is 0 Å². The van der Waals surface area contributed by atoms with E-state index in [-0.39, 0.29) is 11.5 Å². The van der Waals surface area contributed by atoms with Gasteiger partial charge in [-0.2, -0.15) is 0 Å². The van der Waals surface area contributed by atoms with E-state index >= 15 is 0 Å². The molecule has 0 aliphatic carbocycles. The molecule has 0 radical (unpaired) electrons. The van der Waals surface area contributed by atoms with Crippen molar-refractivity contribution in [3.63, 3.8) is 0 Å². The predicted molar refractivity (Wildman–Crippen MR) is 93.4 cm³/mol. The average Bonchev–Trinajstić information content (AvgIpc) is 3.19. The lowest BCUT2D eigenvalue weighted by molar-refractivity contribution is 0.0597. The van der Waals surface area contributed by atoms with Crippen molar-refractivity contribution >= 4 is 17.6 Å². The third-order valence-corrected chi connectivity index (χ3v) is 3.80. The van der Waals surface area contributed by atoms with Gasteiger partial charge in [0.2, 0.25) is 0 Å². The minimum atomic E-state index is -0.541. The van der Waals surface area contributed by atoms with Crippen LogP contribution < -0.4 is 4.90 Å². The van der Waals surface area contributed by atoms with Crippen LogP contribution in [-0.2, 0) is 11.3 Å². The number of carbonyl (C=O) groups excluding carboxylic acids is 2. The van der Waals surface area contributed by atoms with Gasteiger partial charge in [0.05, 0.1) is 37.3 Å². The number of carbonyl (C=O) groups is 2. The van der Waals surface area contributed by atoms with Crippen molar-refractivity contribution in [3.8, 4) is 0 Å². The third kappa shape index (κ3) is 3.61. The normalized spacial score (nSPS) is 10.3. The molecule has 1 amide bonds. The number of furan rings is 1. The van der Waals surface area contributed by atoms with Crippen LogP contribution in [0.1, 0.15) is 26.3 Å². The number of hydrogen-bond donors (Lipinski definition) is 0. The van der Waals surface area contributed by atoms with E-state index in [0.29, 0.717) is 12.1 Å². The largest absolute Gasteiger partial charge is 0.472 e. The molecular weight excluding hydrogens is 318 g/mol. The molecule has 3 aromatic rings. The van der Waals surface area contributed by atoms with Crippen LogP contribution in [0.4, 0.5) is 5.69 Å². The number of benzene rings is 2. The Morgan fingerprint density at radius 1 is 0.960 bits per heavy atom. The number of methoxy groups -OCH3 is 1. The van der Waals surface area contributed by atoms with Crippen LogP contribution in [0.15, 0.2) is 77.6 Å². The van der Waals surface area contributed by atoms with Crippen LogP contribution in [0.5, 0.6) is 0 Å². The quantitative estimate of drug-likeness (QED) is 0.663. The molecule has 126 valence electrons.